The van der Waals surface area contributed by atoms with Gasteiger partial charge in [0.15, 0.2) is 18.5 Å². The maximum absolute atomic E-state index is 12.9. The molecule has 0 aliphatic carbocycles. The third-order valence-corrected chi connectivity index (χ3v) is 6.58. The summed E-state index contributed by atoms with van der Waals surface area (Å²) in [6.07, 6.45) is -6.30. The molecule has 0 amide bonds. The maximum atomic E-state index is 12.9. The number of hydrogen-bond donors (Lipinski definition) is 1. The van der Waals surface area contributed by atoms with Gasteiger partial charge < -0.3 is 19.3 Å². The third-order valence-electron chi connectivity index (χ3n) is 4.75. The number of halogens is 2. The molecule has 1 heterocycles. The molecule has 0 aromatic heterocycles. The van der Waals surface area contributed by atoms with Crippen molar-refractivity contribution < 1.29 is 36.7 Å². The van der Waals surface area contributed by atoms with Gasteiger partial charge in [-0.3, -0.25) is 4.18 Å². The Bertz CT molecular complexity index is 1030. The highest BCUT2D eigenvalue weighted by Crippen LogP contribution is 2.30. The van der Waals surface area contributed by atoms with Gasteiger partial charge >= 0.3 is 5.97 Å². The average Bonchev–Trinajstić information content (AvgIpc) is 2.75. The van der Waals surface area contributed by atoms with Gasteiger partial charge in [-0.15, -0.1) is 0 Å². The summed E-state index contributed by atoms with van der Waals surface area (Å²) >= 11 is 11.7. The summed E-state index contributed by atoms with van der Waals surface area (Å²) in [5, 5.41) is 11.4. The number of carbonyl (C=O) groups is 1. The molecule has 1 N–H and O–H groups in total. The highest BCUT2D eigenvalue weighted by molar-refractivity contribution is 7.86. The predicted molar refractivity (Wildman–Crippen MR) is 116 cm³/mol. The largest absolute Gasteiger partial charge is 0.453 e. The van der Waals surface area contributed by atoms with E-state index in [1.165, 1.54) is 48.5 Å². The molecule has 1 aliphatic rings. The number of benzene rings is 2. The van der Waals surface area contributed by atoms with Gasteiger partial charge in [-0.2, -0.15) is 8.42 Å². The van der Waals surface area contributed by atoms with E-state index in [1.807, 2.05) is 0 Å². The highest BCUT2D eigenvalue weighted by atomic mass is 35.5. The van der Waals surface area contributed by atoms with Gasteiger partial charge in [-0.1, -0.05) is 23.2 Å². The monoisotopic (exact) mass is 504 g/mol. The maximum Gasteiger partial charge on any atom is 0.338 e. The molecule has 1 saturated heterocycles. The van der Waals surface area contributed by atoms with Crippen LogP contribution in [0.4, 0.5) is 0 Å². The smallest absolute Gasteiger partial charge is 0.338 e. The molecular formula is C21H22Cl2O8S. The Kier molecular flexibility index (Phi) is 8.16. The Morgan fingerprint density at radius 3 is 2.16 bits per heavy atom. The second kappa shape index (κ2) is 10.5. The van der Waals surface area contributed by atoms with E-state index in [4.69, 9.17) is 41.6 Å². The second-order valence-electron chi connectivity index (χ2n) is 7.00. The average molecular weight is 505 g/mol. The summed E-state index contributed by atoms with van der Waals surface area (Å²) < 4.78 is 47.7. The van der Waals surface area contributed by atoms with E-state index in [-0.39, 0.29) is 17.1 Å². The standard InChI is InChI=1S/C21H22Cl2O8S/c1-3-28-21-19(31-32(26,27)16-10-8-15(23)9-11-16)18(17(24)12(2)29-21)30-20(25)13-4-6-14(22)7-5-13/h4-12,17-19,21,24H,3H2,1-2H3/t12-,17-,18+,19+,21-/m0/s1. The first-order chi connectivity index (χ1) is 15.1. The van der Waals surface area contributed by atoms with Crippen LogP contribution < -0.4 is 0 Å². The number of esters is 1. The minimum absolute atomic E-state index is 0.159. The van der Waals surface area contributed by atoms with Gasteiger partial charge in [-0.05, 0) is 62.4 Å². The molecule has 11 heteroatoms. The predicted octanol–water partition coefficient (Wildman–Crippen LogP) is 3.44. The van der Waals surface area contributed by atoms with E-state index in [1.54, 1.807) is 13.8 Å². The molecule has 0 saturated carbocycles. The molecular weight excluding hydrogens is 483 g/mol. The molecule has 8 nitrogen and oxygen atoms in total. The summed E-state index contributed by atoms with van der Waals surface area (Å²) in [6.45, 7) is 3.38. The summed E-state index contributed by atoms with van der Waals surface area (Å²) in [6, 6.07) is 11.2. The van der Waals surface area contributed by atoms with Crippen LogP contribution in [0.1, 0.15) is 24.2 Å². The minimum atomic E-state index is -4.35. The zero-order valence-corrected chi connectivity index (χ0v) is 19.5. The minimum Gasteiger partial charge on any atom is -0.453 e. The van der Waals surface area contributed by atoms with Gasteiger partial charge in [0.2, 0.25) is 0 Å². The molecule has 2 aromatic rings. The summed E-state index contributed by atoms with van der Waals surface area (Å²) in [4.78, 5) is 12.5. The van der Waals surface area contributed by atoms with Crippen LogP contribution in [0, 0.1) is 0 Å². The Morgan fingerprint density at radius 1 is 1.03 bits per heavy atom. The molecule has 0 bridgehead atoms. The summed E-state index contributed by atoms with van der Waals surface area (Å²) in [5.74, 6) is -0.799. The van der Waals surface area contributed by atoms with E-state index in [9.17, 15) is 18.3 Å². The lowest BCUT2D eigenvalue weighted by atomic mass is 9.99. The van der Waals surface area contributed by atoms with Gasteiger partial charge in [0, 0.05) is 16.7 Å². The lowest BCUT2D eigenvalue weighted by molar-refractivity contribution is -0.284. The molecule has 0 radical (unpaired) electrons. The van der Waals surface area contributed by atoms with Crippen LogP contribution >= 0.6 is 23.2 Å². The van der Waals surface area contributed by atoms with E-state index in [0.717, 1.165) is 0 Å². The van der Waals surface area contributed by atoms with Crippen molar-refractivity contribution in [3.8, 4) is 0 Å². The number of hydrogen-bond acceptors (Lipinski definition) is 8. The Morgan fingerprint density at radius 2 is 1.59 bits per heavy atom. The number of aliphatic hydroxyl groups excluding tert-OH is 1. The topological polar surface area (TPSA) is 108 Å². The summed E-state index contributed by atoms with van der Waals surface area (Å²) in [7, 11) is -4.35. The van der Waals surface area contributed by atoms with Crippen molar-refractivity contribution >= 4 is 39.3 Å². The summed E-state index contributed by atoms with van der Waals surface area (Å²) in [5.41, 5.74) is 0.160. The lowest BCUT2D eigenvalue weighted by Gasteiger charge is -2.42. The van der Waals surface area contributed by atoms with Crippen LogP contribution in [0.25, 0.3) is 0 Å². The van der Waals surface area contributed by atoms with E-state index in [0.29, 0.717) is 10.0 Å². The Hall–Kier alpha value is -1.72. The van der Waals surface area contributed by atoms with Crippen molar-refractivity contribution in [2.45, 2.75) is 49.4 Å². The first-order valence-corrected chi connectivity index (χ1v) is 11.9. The Labute approximate surface area is 196 Å². The van der Waals surface area contributed by atoms with Crippen LogP contribution in [0.3, 0.4) is 0 Å². The lowest BCUT2D eigenvalue weighted by Crippen LogP contribution is -2.60. The van der Waals surface area contributed by atoms with Crippen LogP contribution in [-0.4, -0.2) is 56.8 Å². The van der Waals surface area contributed by atoms with Crippen LogP contribution in [-0.2, 0) is 28.5 Å². The van der Waals surface area contributed by atoms with Crippen molar-refractivity contribution in [1.82, 2.24) is 0 Å². The highest BCUT2D eigenvalue weighted by Gasteiger charge is 2.49. The van der Waals surface area contributed by atoms with Crippen LogP contribution in [0.15, 0.2) is 53.4 Å². The molecule has 1 aliphatic heterocycles. The fourth-order valence-electron chi connectivity index (χ4n) is 3.10. The number of rotatable bonds is 7. The number of ether oxygens (including phenoxy) is 3. The van der Waals surface area contributed by atoms with E-state index in [2.05, 4.69) is 0 Å². The molecule has 5 atom stereocenters. The number of aliphatic hydroxyl groups is 1. The molecule has 3 rings (SSSR count). The number of carbonyl (C=O) groups excluding carboxylic acids is 1. The SMILES string of the molecule is CCO[C@H]1O[C@@H](C)[C@H](O)[C@@H](OC(=O)c2ccc(Cl)cc2)[C@H]1OS(=O)(=O)c1ccc(Cl)cc1. The second-order valence-corrected chi connectivity index (χ2v) is 9.45. The van der Waals surface area contributed by atoms with Crippen LogP contribution in [0.5, 0.6) is 0 Å². The first kappa shape index (κ1) is 24.9. The zero-order valence-electron chi connectivity index (χ0n) is 17.2. The van der Waals surface area contributed by atoms with Gasteiger partial charge in [0.1, 0.15) is 6.10 Å². The molecule has 2 aromatic carbocycles. The van der Waals surface area contributed by atoms with Gasteiger partial charge in [-0.25, -0.2) is 4.79 Å². The van der Waals surface area contributed by atoms with Crippen molar-refractivity contribution in [2.24, 2.45) is 0 Å². The van der Waals surface area contributed by atoms with E-state index < -0.39 is 46.8 Å². The Balaban J connectivity index is 1.91. The molecule has 0 unspecified atom stereocenters. The molecule has 174 valence electrons. The fraction of sp³-hybridized carbons (Fsp3) is 0.381. The third kappa shape index (κ3) is 5.79. The van der Waals surface area contributed by atoms with Gasteiger partial charge in [0.05, 0.1) is 16.6 Å². The molecule has 32 heavy (non-hydrogen) atoms. The first-order valence-electron chi connectivity index (χ1n) is 9.73. The van der Waals surface area contributed by atoms with Crippen molar-refractivity contribution in [2.75, 3.05) is 6.61 Å². The molecule has 1 fully saturated rings. The van der Waals surface area contributed by atoms with Crippen molar-refractivity contribution in [3.05, 3.63) is 64.1 Å². The van der Waals surface area contributed by atoms with Crippen molar-refractivity contribution in [1.29, 1.82) is 0 Å². The van der Waals surface area contributed by atoms with Crippen molar-refractivity contribution in [3.63, 3.8) is 0 Å². The fourth-order valence-corrected chi connectivity index (χ4v) is 4.43. The van der Waals surface area contributed by atoms with Crippen LogP contribution in [0.2, 0.25) is 10.0 Å². The van der Waals surface area contributed by atoms with E-state index >= 15 is 0 Å². The quantitative estimate of drug-likeness (QED) is 0.451. The van der Waals surface area contributed by atoms with Gasteiger partial charge in [0.25, 0.3) is 10.1 Å². The normalized spacial score (nSPS) is 26.0. The molecule has 0 spiro atoms. The zero-order chi connectivity index (χ0) is 23.5.